The average Bonchev–Trinajstić information content (AvgIpc) is 2.63. The molecule has 0 atom stereocenters. The molecule has 2 aromatic carbocycles. The van der Waals surface area contributed by atoms with Gasteiger partial charge in [-0.15, -0.1) is 0 Å². The van der Waals surface area contributed by atoms with Crippen LogP contribution in [0.2, 0.25) is 0 Å². The predicted molar refractivity (Wildman–Crippen MR) is 93.7 cm³/mol. The van der Waals surface area contributed by atoms with Crippen molar-refractivity contribution in [2.24, 2.45) is 0 Å². The summed E-state index contributed by atoms with van der Waals surface area (Å²) < 4.78 is 15.9. The highest BCUT2D eigenvalue weighted by Gasteiger charge is 2.10. The number of rotatable bonds is 5. The lowest BCUT2D eigenvalue weighted by molar-refractivity contribution is -0.147. The molecule has 0 radical (unpaired) electrons. The SMILES string of the molecule is Cc1c(C)c2ccc(OCC(=O)OCc3ccccc3)cc2oc1=O. The first-order valence-electron chi connectivity index (χ1n) is 7.91. The minimum Gasteiger partial charge on any atom is -0.482 e. The minimum atomic E-state index is -0.467. The lowest BCUT2D eigenvalue weighted by atomic mass is 10.1. The van der Waals surface area contributed by atoms with Crippen LogP contribution in [0.3, 0.4) is 0 Å². The van der Waals surface area contributed by atoms with Crippen LogP contribution in [0.1, 0.15) is 16.7 Å². The molecule has 3 aromatic rings. The van der Waals surface area contributed by atoms with E-state index in [-0.39, 0.29) is 18.8 Å². The molecule has 0 aliphatic rings. The molecule has 1 aromatic heterocycles. The van der Waals surface area contributed by atoms with Crippen molar-refractivity contribution in [3.63, 3.8) is 0 Å². The number of fused-ring (bicyclic) bond motifs is 1. The molecule has 128 valence electrons. The summed E-state index contributed by atoms with van der Waals surface area (Å²) in [6, 6.07) is 14.6. The predicted octanol–water partition coefficient (Wildman–Crippen LogP) is 3.53. The van der Waals surface area contributed by atoms with Crippen molar-refractivity contribution >= 4 is 16.9 Å². The average molecular weight is 338 g/mol. The van der Waals surface area contributed by atoms with Gasteiger partial charge in [0, 0.05) is 17.0 Å². The van der Waals surface area contributed by atoms with E-state index in [1.165, 1.54) is 0 Å². The van der Waals surface area contributed by atoms with Crippen LogP contribution in [0.15, 0.2) is 57.7 Å². The number of benzene rings is 2. The highest BCUT2D eigenvalue weighted by Crippen LogP contribution is 2.23. The largest absolute Gasteiger partial charge is 0.482 e. The molecule has 1 heterocycles. The summed E-state index contributed by atoms with van der Waals surface area (Å²) in [6.45, 7) is 3.59. The first-order valence-corrected chi connectivity index (χ1v) is 7.91. The first kappa shape index (κ1) is 16.8. The maximum Gasteiger partial charge on any atom is 0.344 e. The number of ether oxygens (including phenoxy) is 2. The third-order valence-corrected chi connectivity index (χ3v) is 4.03. The molecule has 0 bridgehead atoms. The fourth-order valence-corrected chi connectivity index (χ4v) is 2.44. The summed E-state index contributed by atoms with van der Waals surface area (Å²) in [6.07, 6.45) is 0. The molecule has 0 spiro atoms. The number of hydrogen-bond donors (Lipinski definition) is 0. The van der Waals surface area contributed by atoms with E-state index in [4.69, 9.17) is 13.9 Å². The topological polar surface area (TPSA) is 65.7 Å². The van der Waals surface area contributed by atoms with Crippen LogP contribution in [-0.2, 0) is 16.1 Å². The summed E-state index contributed by atoms with van der Waals surface area (Å²) in [7, 11) is 0. The van der Waals surface area contributed by atoms with Crippen molar-refractivity contribution in [1.29, 1.82) is 0 Å². The van der Waals surface area contributed by atoms with Crippen LogP contribution < -0.4 is 10.4 Å². The molecular weight excluding hydrogens is 320 g/mol. The normalized spacial score (nSPS) is 10.6. The third kappa shape index (κ3) is 3.88. The van der Waals surface area contributed by atoms with Gasteiger partial charge >= 0.3 is 11.6 Å². The molecule has 3 rings (SSSR count). The molecule has 0 amide bonds. The van der Waals surface area contributed by atoms with Gasteiger partial charge in [-0.1, -0.05) is 30.3 Å². The molecular formula is C20H18O5. The number of carbonyl (C=O) groups is 1. The van der Waals surface area contributed by atoms with E-state index in [1.54, 1.807) is 19.1 Å². The fraction of sp³-hybridized carbons (Fsp3) is 0.200. The Labute approximate surface area is 144 Å². The molecule has 5 heteroatoms. The zero-order valence-electron chi connectivity index (χ0n) is 14.1. The Morgan fingerprint density at radius 3 is 2.56 bits per heavy atom. The monoisotopic (exact) mass is 338 g/mol. The van der Waals surface area contributed by atoms with E-state index < -0.39 is 5.97 Å². The van der Waals surface area contributed by atoms with E-state index in [9.17, 15) is 9.59 Å². The molecule has 0 N–H and O–H groups in total. The van der Waals surface area contributed by atoms with Gasteiger partial charge in [-0.25, -0.2) is 9.59 Å². The second-order valence-electron chi connectivity index (χ2n) is 5.73. The molecule has 0 aliphatic carbocycles. The van der Waals surface area contributed by atoms with Crippen molar-refractivity contribution < 1.29 is 18.7 Å². The van der Waals surface area contributed by atoms with E-state index in [2.05, 4.69) is 0 Å². The van der Waals surface area contributed by atoms with Gasteiger partial charge in [0.05, 0.1) is 0 Å². The molecule has 0 saturated carbocycles. The highest BCUT2D eigenvalue weighted by atomic mass is 16.6. The lowest BCUT2D eigenvalue weighted by Crippen LogP contribution is -2.14. The van der Waals surface area contributed by atoms with E-state index in [0.717, 1.165) is 16.5 Å². The van der Waals surface area contributed by atoms with Crippen molar-refractivity contribution in [3.8, 4) is 5.75 Å². The summed E-state index contributed by atoms with van der Waals surface area (Å²) in [4.78, 5) is 23.6. The van der Waals surface area contributed by atoms with Crippen molar-refractivity contribution in [2.45, 2.75) is 20.5 Å². The van der Waals surface area contributed by atoms with Gasteiger partial charge in [-0.3, -0.25) is 0 Å². The Kier molecular flexibility index (Phi) is 4.84. The van der Waals surface area contributed by atoms with Crippen LogP contribution in [-0.4, -0.2) is 12.6 Å². The quantitative estimate of drug-likeness (QED) is 0.526. The summed E-state index contributed by atoms with van der Waals surface area (Å²) in [5.74, 6) is -0.0268. The summed E-state index contributed by atoms with van der Waals surface area (Å²) >= 11 is 0. The first-order chi connectivity index (χ1) is 12.0. The Balaban J connectivity index is 1.64. The zero-order valence-corrected chi connectivity index (χ0v) is 14.1. The fourth-order valence-electron chi connectivity index (χ4n) is 2.44. The van der Waals surface area contributed by atoms with Gasteiger partial charge in [-0.05, 0) is 37.1 Å². The van der Waals surface area contributed by atoms with Gasteiger partial charge in [0.25, 0.3) is 0 Å². The van der Waals surface area contributed by atoms with Crippen LogP contribution in [0.25, 0.3) is 11.0 Å². The smallest absolute Gasteiger partial charge is 0.344 e. The number of hydrogen-bond acceptors (Lipinski definition) is 5. The van der Waals surface area contributed by atoms with Crippen LogP contribution in [0, 0.1) is 13.8 Å². The number of carbonyl (C=O) groups excluding carboxylic acids is 1. The number of esters is 1. The van der Waals surface area contributed by atoms with E-state index in [1.807, 2.05) is 43.3 Å². The highest BCUT2D eigenvalue weighted by molar-refractivity contribution is 5.82. The van der Waals surface area contributed by atoms with Crippen LogP contribution in [0.5, 0.6) is 5.75 Å². The van der Waals surface area contributed by atoms with Gasteiger partial charge in [0.2, 0.25) is 0 Å². The van der Waals surface area contributed by atoms with E-state index >= 15 is 0 Å². The van der Waals surface area contributed by atoms with Crippen molar-refractivity contribution in [2.75, 3.05) is 6.61 Å². The van der Waals surface area contributed by atoms with Gasteiger partial charge in [-0.2, -0.15) is 0 Å². The molecule has 0 saturated heterocycles. The van der Waals surface area contributed by atoms with Crippen molar-refractivity contribution in [3.05, 3.63) is 75.6 Å². The maximum absolute atomic E-state index is 11.8. The minimum absolute atomic E-state index is 0.202. The molecule has 0 unspecified atom stereocenters. The number of aryl methyl sites for hydroxylation is 1. The Hall–Kier alpha value is -3.08. The van der Waals surface area contributed by atoms with Crippen LogP contribution >= 0.6 is 0 Å². The van der Waals surface area contributed by atoms with Gasteiger partial charge < -0.3 is 13.9 Å². The van der Waals surface area contributed by atoms with E-state index in [0.29, 0.717) is 16.9 Å². The van der Waals surface area contributed by atoms with Crippen molar-refractivity contribution in [1.82, 2.24) is 0 Å². The molecule has 0 aliphatic heterocycles. The summed E-state index contributed by atoms with van der Waals surface area (Å²) in [5, 5.41) is 0.844. The lowest BCUT2D eigenvalue weighted by Gasteiger charge is -2.09. The standard InChI is InChI=1S/C20H18O5/c1-13-14(2)20(22)25-18-10-16(8-9-17(13)18)23-12-19(21)24-11-15-6-4-3-5-7-15/h3-10H,11-12H2,1-2H3. The van der Waals surface area contributed by atoms with Gasteiger partial charge in [0.15, 0.2) is 6.61 Å². The maximum atomic E-state index is 11.8. The molecule has 0 fully saturated rings. The Morgan fingerprint density at radius 2 is 1.80 bits per heavy atom. The second kappa shape index (κ2) is 7.21. The summed E-state index contributed by atoms with van der Waals surface area (Å²) in [5.41, 5.74) is 2.44. The zero-order chi connectivity index (χ0) is 17.8. The second-order valence-corrected chi connectivity index (χ2v) is 5.73. The third-order valence-electron chi connectivity index (χ3n) is 4.03. The molecule has 5 nitrogen and oxygen atoms in total. The Morgan fingerprint density at radius 1 is 1.04 bits per heavy atom. The van der Waals surface area contributed by atoms with Crippen LogP contribution in [0.4, 0.5) is 0 Å². The van der Waals surface area contributed by atoms with Gasteiger partial charge in [0.1, 0.15) is 17.9 Å². The Bertz CT molecular complexity index is 957. The molecule has 25 heavy (non-hydrogen) atoms.